The van der Waals surface area contributed by atoms with Crippen LogP contribution < -0.4 is 15.4 Å². The molecular formula is C21H25FN4O4. The summed E-state index contributed by atoms with van der Waals surface area (Å²) in [6.07, 6.45) is 1.77. The molecule has 160 valence electrons. The van der Waals surface area contributed by atoms with Crippen molar-refractivity contribution in [3.05, 3.63) is 47.9 Å². The average molecular weight is 416 g/mol. The summed E-state index contributed by atoms with van der Waals surface area (Å²) in [7, 11) is 0. The number of carbonyl (C=O) groups excluding carboxylic acids is 2. The van der Waals surface area contributed by atoms with Gasteiger partial charge in [0.2, 0.25) is 11.8 Å². The lowest BCUT2D eigenvalue weighted by Gasteiger charge is -2.26. The molecule has 0 radical (unpaired) electrons. The minimum Gasteiger partial charge on any atom is -0.477 e. The highest BCUT2D eigenvalue weighted by Crippen LogP contribution is 2.22. The molecule has 2 amide bonds. The lowest BCUT2D eigenvalue weighted by Crippen LogP contribution is -2.38. The van der Waals surface area contributed by atoms with E-state index in [1.807, 2.05) is 0 Å². The molecule has 0 spiro atoms. The van der Waals surface area contributed by atoms with Crippen molar-refractivity contribution in [2.24, 2.45) is 0 Å². The molecular weight excluding hydrogens is 391 g/mol. The quantitative estimate of drug-likeness (QED) is 0.687. The topological polar surface area (TPSA) is 92.8 Å². The summed E-state index contributed by atoms with van der Waals surface area (Å²) in [6.45, 7) is 5.61. The molecule has 2 aromatic rings. The van der Waals surface area contributed by atoms with Crippen LogP contribution in [0.3, 0.4) is 0 Å². The Morgan fingerprint density at radius 3 is 2.80 bits per heavy atom. The number of nitrogens with zero attached hydrogens (tertiary/aromatic N) is 2. The van der Waals surface area contributed by atoms with Crippen molar-refractivity contribution in [3.8, 4) is 5.88 Å². The van der Waals surface area contributed by atoms with Crippen molar-refractivity contribution in [2.45, 2.75) is 13.3 Å². The van der Waals surface area contributed by atoms with Gasteiger partial charge in [0.15, 0.2) is 0 Å². The molecule has 2 heterocycles. The summed E-state index contributed by atoms with van der Waals surface area (Å²) < 4.78 is 24.8. The Hall–Kier alpha value is -3.04. The zero-order valence-electron chi connectivity index (χ0n) is 16.8. The van der Waals surface area contributed by atoms with Crippen LogP contribution in [-0.2, 0) is 9.53 Å². The van der Waals surface area contributed by atoms with E-state index in [0.29, 0.717) is 32.1 Å². The Balaban J connectivity index is 1.62. The van der Waals surface area contributed by atoms with Crippen LogP contribution in [0, 0.1) is 5.82 Å². The molecule has 8 nitrogen and oxygen atoms in total. The van der Waals surface area contributed by atoms with Crippen molar-refractivity contribution in [1.29, 1.82) is 0 Å². The molecule has 0 atom stereocenters. The van der Waals surface area contributed by atoms with E-state index in [1.54, 1.807) is 19.1 Å². The number of rotatable bonds is 8. The van der Waals surface area contributed by atoms with Gasteiger partial charge in [0.25, 0.3) is 5.91 Å². The van der Waals surface area contributed by atoms with E-state index in [9.17, 15) is 14.0 Å². The highest BCUT2D eigenvalue weighted by Gasteiger charge is 2.16. The fraction of sp³-hybridized carbons (Fsp3) is 0.381. The predicted octanol–water partition coefficient (Wildman–Crippen LogP) is 2.53. The van der Waals surface area contributed by atoms with E-state index in [2.05, 4.69) is 20.5 Å². The van der Waals surface area contributed by atoms with Gasteiger partial charge in [-0.05, 0) is 37.3 Å². The summed E-state index contributed by atoms with van der Waals surface area (Å²) >= 11 is 0. The second-order valence-corrected chi connectivity index (χ2v) is 6.69. The maximum atomic E-state index is 14.2. The zero-order valence-corrected chi connectivity index (χ0v) is 16.8. The number of hydrogen-bond acceptors (Lipinski definition) is 6. The van der Waals surface area contributed by atoms with Gasteiger partial charge in [-0.25, -0.2) is 9.37 Å². The summed E-state index contributed by atoms with van der Waals surface area (Å²) in [6, 6.07) is 7.22. The first-order valence-corrected chi connectivity index (χ1v) is 9.85. The Labute approximate surface area is 174 Å². The SMILES string of the molecule is CCOc1ncccc1C(=O)Nc1ccc(F)c(NC(=O)CCN2CCOCC2)c1. The number of carbonyl (C=O) groups is 2. The Morgan fingerprint density at radius 1 is 1.23 bits per heavy atom. The molecule has 1 aromatic heterocycles. The normalized spacial score (nSPS) is 14.2. The van der Waals surface area contributed by atoms with Crippen molar-refractivity contribution in [2.75, 3.05) is 50.1 Å². The maximum absolute atomic E-state index is 14.2. The number of morpholine rings is 1. The lowest BCUT2D eigenvalue weighted by molar-refractivity contribution is -0.116. The van der Waals surface area contributed by atoms with Crippen molar-refractivity contribution >= 4 is 23.2 Å². The maximum Gasteiger partial charge on any atom is 0.261 e. The van der Waals surface area contributed by atoms with E-state index < -0.39 is 11.7 Å². The summed E-state index contributed by atoms with van der Waals surface area (Å²) in [5.41, 5.74) is 0.618. The van der Waals surface area contributed by atoms with Crippen LogP contribution in [0.15, 0.2) is 36.5 Å². The van der Waals surface area contributed by atoms with E-state index in [1.165, 1.54) is 24.4 Å². The molecule has 1 aliphatic rings. The van der Waals surface area contributed by atoms with Crippen LogP contribution in [0.1, 0.15) is 23.7 Å². The number of hydrogen-bond donors (Lipinski definition) is 2. The van der Waals surface area contributed by atoms with Gasteiger partial charge in [-0.3, -0.25) is 14.5 Å². The molecule has 0 unspecified atom stereocenters. The third-order valence-electron chi connectivity index (χ3n) is 4.55. The largest absolute Gasteiger partial charge is 0.477 e. The van der Waals surface area contributed by atoms with Gasteiger partial charge in [0.1, 0.15) is 11.4 Å². The molecule has 30 heavy (non-hydrogen) atoms. The average Bonchev–Trinajstić information content (AvgIpc) is 2.76. The smallest absolute Gasteiger partial charge is 0.261 e. The first-order valence-electron chi connectivity index (χ1n) is 9.85. The standard InChI is InChI=1S/C21H25FN4O4/c1-2-30-21-16(4-3-8-23-21)20(28)24-15-5-6-17(22)18(14-15)25-19(27)7-9-26-10-12-29-13-11-26/h3-6,8,14H,2,7,9-13H2,1H3,(H,24,28)(H,25,27). The summed E-state index contributed by atoms with van der Waals surface area (Å²) in [4.78, 5) is 31.0. The Bertz CT molecular complexity index is 887. The summed E-state index contributed by atoms with van der Waals surface area (Å²) in [5.74, 6) is -1.10. The van der Waals surface area contributed by atoms with Gasteiger partial charge in [-0.15, -0.1) is 0 Å². The molecule has 1 fully saturated rings. The molecule has 2 N–H and O–H groups in total. The van der Waals surface area contributed by atoms with Gasteiger partial charge >= 0.3 is 0 Å². The third kappa shape index (κ3) is 5.98. The van der Waals surface area contributed by atoms with E-state index in [4.69, 9.17) is 9.47 Å². The monoisotopic (exact) mass is 416 g/mol. The molecule has 0 aliphatic carbocycles. The number of ether oxygens (including phenoxy) is 2. The van der Waals surface area contributed by atoms with Crippen LogP contribution in [0.5, 0.6) is 5.88 Å². The van der Waals surface area contributed by atoms with Crippen LogP contribution in [0.2, 0.25) is 0 Å². The number of anilines is 2. The fourth-order valence-corrected chi connectivity index (χ4v) is 3.01. The van der Waals surface area contributed by atoms with Gasteiger partial charge < -0.3 is 20.1 Å². The number of aromatic nitrogens is 1. The Morgan fingerprint density at radius 2 is 2.03 bits per heavy atom. The molecule has 9 heteroatoms. The first kappa shape index (κ1) is 21.7. The number of amides is 2. The van der Waals surface area contributed by atoms with Gasteiger partial charge in [-0.1, -0.05) is 0 Å². The van der Waals surface area contributed by atoms with Gasteiger partial charge in [0, 0.05) is 37.9 Å². The molecule has 0 saturated carbocycles. The molecule has 0 bridgehead atoms. The number of pyridine rings is 1. The minimum absolute atomic E-state index is 0.0102. The minimum atomic E-state index is -0.580. The number of halogens is 1. The van der Waals surface area contributed by atoms with Gasteiger partial charge in [0.05, 0.1) is 25.5 Å². The third-order valence-corrected chi connectivity index (χ3v) is 4.55. The lowest BCUT2D eigenvalue weighted by atomic mass is 10.2. The fourth-order valence-electron chi connectivity index (χ4n) is 3.01. The Kier molecular flexibility index (Phi) is 7.69. The van der Waals surface area contributed by atoms with Crippen LogP contribution in [0.4, 0.5) is 15.8 Å². The van der Waals surface area contributed by atoms with Crippen LogP contribution >= 0.6 is 0 Å². The summed E-state index contributed by atoms with van der Waals surface area (Å²) in [5, 5.41) is 5.26. The van der Waals surface area contributed by atoms with E-state index in [0.717, 1.165) is 13.1 Å². The second kappa shape index (κ2) is 10.7. The van der Waals surface area contributed by atoms with Crippen LogP contribution in [-0.4, -0.2) is 61.2 Å². The van der Waals surface area contributed by atoms with Crippen molar-refractivity contribution in [3.63, 3.8) is 0 Å². The molecule has 1 aromatic carbocycles. The predicted molar refractivity (Wildman–Crippen MR) is 110 cm³/mol. The van der Waals surface area contributed by atoms with E-state index >= 15 is 0 Å². The van der Waals surface area contributed by atoms with Crippen molar-refractivity contribution in [1.82, 2.24) is 9.88 Å². The molecule has 3 rings (SSSR count). The van der Waals surface area contributed by atoms with Crippen LogP contribution in [0.25, 0.3) is 0 Å². The highest BCUT2D eigenvalue weighted by molar-refractivity contribution is 6.06. The number of benzene rings is 1. The zero-order chi connectivity index (χ0) is 21.3. The molecule has 1 saturated heterocycles. The molecule has 1 aliphatic heterocycles. The first-order chi connectivity index (χ1) is 14.6. The highest BCUT2D eigenvalue weighted by atomic mass is 19.1. The second-order valence-electron chi connectivity index (χ2n) is 6.69. The van der Waals surface area contributed by atoms with Crippen molar-refractivity contribution < 1.29 is 23.5 Å². The van der Waals surface area contributed by atoms with Gasteiger partial charge in [-0.2, -0.15) is 0 Å². The van der Waals surface area contributed by atoms with E-state index in [-0.39, 0.29) is 29.5 Å². The number of nitrogens with one attached hydrogen (secondary N) is 2.